The van der Waals surface area contributed by atoms with Gasteiger partial charge < -0.3 is 19.8 Å². The second kappa shape index (κ2) is 8.83. The number of benzene rings is 1. The molecule has 2 aromatic heterocycles. The number of hydrogen-bond acceptors (Lipinski definition) is 4. The Kier molecular flexibility index (Phi) is 6.38. The van der Waals surface area contributed by atoms with Gasteiger partial charge in [-0.15, -0.1) is 0 Å². The van der Waals surface area contributed by atoms with Crippen LogP contribution in [0, 0.1) is 5.92 Å². The van der Waals surface area contributed by atoms with E-state index in [1.54, 1.807) is 0 Å². The van der Waals surface area contributed by atoms with E-state index in [9.17, 15) is 14.7 Å². The lowest BCUT2D eigenvalue weighted by molar-refractivity contribution is 0.0427. The van der Waals surface area contributed by atoms with Gasteiger partial charge in [-0.25, -0.2) is 9.78 Å². The van der Waals surface area contributed by atoms with Gasteiger partial charge in [0.05, 0.1) is 0 Å². The molecule has 166 valence electrons. The lowest BCUT2D eigenvalue weighted by atomic mass is 9.96. The van der Waals surface area contributed by atoms with Gasteiger partial charge in [0, 0.05) is 29.2 Å². The van der Waals surface area contributed by atoms with E-state index in [0.29, 0.717) is 13.0 Å². The maximum absolute atomic E-state index is 12.6. The molecule has 0 aliphatic rings. The van der Waals surface area contributed by atoms with Gasteiger partial charge in [-0.05, 0) is 44.7 Å². The van der Waals surface area contributed by atoms with E-state index in [4.69, 9.17) is 4.42 Å². The smallest absolute Gasteiger partial charge is 0.408 e. The number of para-hydroxylation sites is 1. The average molecular weight is 427 g/mol. The summed E-state index contributed by atoms with van der Waals surface area (Å²) in [4.78, 5) is 33.4. The molecule has 3 rings (SSSR count). The van der Waals surface area contributed by atoms with E-state index in [1.807, 2.05) is 65.1 Å². The van der Waals surface area contributed by atoms with E-state index in [2.05, 4.69) is 15.3 Å². The van der Waals surface area contributed by atoms with Crippen molar-refractivity contribution in [3.63, 3.8) is 0 Å². The molecule has 0 saturated heterocycles. The Hall–Kier alpha value is -3.29. The number of aromatic amines is 1. The van der Waals surface area contributed by atoms with Crippen molar-refractivity contribution in [1.29, 1.82) is 0 Å². The zero-order chi connectivity index (χ0) is 22.8. The molecule has 1 aromatic carbocycles. The number of aromatic nitrogens is 2. The molecule has 0 radical (unpaired) electrons. The number of nitrogens with one attached hydrogen (secondary N) is 2. The molecule has 2 amide bonds. The Morgan fingerprint density at radius 2 is 1.97 bits per heavy atom. The highest BCUT2D eigenvalue weighted by Crippen LogP contribution is 2.33. The SMILES string of the molecule is CC(C)[C@@H](c1nc(C(=O)NCCc2c[nH]c3ccccc23)co1)N(C(=O)O)C(C)(C)C. The normalized spacial score (nSPS) is 12.8. The second-order valence-electron chi connectivity index (χ2n) is 8.95. The molecule has 0 saturated carbocycles. The quantitative estimate of drug-likeness (QED) is 0.511. The molecule has 0 spiro atoms. The topological polar surface area (TPSA) is 111 Å². The van der Waals surface area contributed by atoms with Gasteiger partial charge >= 0.3 is 6.09 Å². The zero-order valence-electron chi connectivity index (χ0n) is 18.6. The summed E-state index contributed by atoms with van der Waals surface area (Å²) in [6, 6.07) is 7.41. The summed E-state index contributed by atoms with van der Waals surface area (Å²) in [5, 5.41) is 13.8. The van der Waals surface area contributed by atoms with Gasteiger partial charge in [-0.3, -0.25) is 9.69 Å². The van der Waals surface area contributed by atoms with Gasteiger partial charge in [0.15, 0.2) is 5.69 Å². The number of hydrogen-bond donors (Lipinski definition) is 3. The van der Waals surface area contributed by atoms with Crippen LogP contribution in [0.3, 0.4) is 0 Å². The standard InChI is InChI=1S/C23H30N4O4/c1-14(2)19(27(22(29)30)23(3,4)5)21-26-18(13-31-21)20(28)24-11-10-15-12-25-17-9-7-6-8-16(15)17/h6-9,12-14,19,25H,10-11H2,1-5H3,(H,24,28)(H,29,30)/t19-/m0/s1. The van der Waals surface area contributed by atoms with Crippen molar-refractivity contribution in [3.8, 4) is 0 Å². The number of carboxylic acid groups (broad SMARTS) is 1. The summed E-state index contributed by atoms with van der Waals surface area (Å²) in [6.45, 7) is 9.70. The first kappa shape index (κ1) is 22.4. The lowest BCUT2D eigenvalue weighted by Gasteiger charge is -2.39. The van der Waals surface area contributed by atoms with E-state index in [1.165, 1.54) is 11.2 Å². The number of fused-ring (bicyclic) bond motifs is 1. The second-order valence-corrected chi connectivity index (χ2v) is 8.95. The molecule has 8 heteroatoms. The minimum atomic E-state index is -1.06. The van der Waals surface area contributed by atoms with E-state index in [-0.39, 0.29) is 23.4 Å². The number of amides is 2. The maximum Gasteiger partial charge on any atom is 0.408 e. The first-order chi connectivity index (χ1) is 14.6. The predicted octanol–water partition coefficient (Wildman–Crippen LogP) is 4.60. The number of rotatable bonds is 7. The Bertz CT molecular complexity index is 1060. The fraction of sp³-hybridized carbons (Fsp3) is 0.435. The molecule has 8 nitrogen and oxygen atoms in total. The van der Waals surface area contributed by atoms with Gasteiger partial charge in [0.1, 0.15) is 12.3 Å². The van der Waals surface area contributed by atoms with Crippen LogP contribution in [-0.4, -0.2) is 44.1 Å². The molecule has 3 N–H and O–H groups in total. The summed E-state index contributed by atoms with van der Waals surface area (Å²) < 4.78 is 5.56. The van der Waals surface area contributed by atoms with Crippen LogP contribution in [0.5, 0.6) is 0 Å². The Morgan fingerprint density at radius 1 is 1.26 bits per heavy atom. The first-order valence-electron chi connectivity index (χ1n) is 10.4. The summed E-state index contributed by atoms with van der Waals surface area (Å²) in [5.74, 6) is -0.226. The zero-order valence-corrected chi connectivity index (χ0v) is 18.6. The van der Waals surface area contributed by atoms with Crippen LogP contribution in [0.15, 0.2) is 41.1 Å². The fourth-order valence-electron chi connectivity index (χ4n) is 3.78. The van der Waals surface area contributed by atoms with Crippen molar-refractivity contribution in [3.05, 3.63) is 53.9 Å². The predicted molar refractivity (Wildman–Crippen MR) is 118 cm³/mol. The first-order valence-corrected chi connectivity index (χ1v) is 10.4. The van der Waals surface area contributed by atoms with Gasteiger partial charge in [-0.1, -0.05) is 32.0 Å². The van der Waals surface area contributed by atoms with Crippen LogP contribution < -0.4 is 5.32 Å². The van der Waals surface area contributed by atoms with Gasteiger partial charge in [-0.2, -0.15) is 0 Å². The van der Waals surface area contributed by atoms with Crippen LogP contribution in [0.2, 0.25) is 0 Å². The molecule has 2 heterocycles. The molecular formula is C23H30N4O4. The maximum atomic E-state index is 12.6. The Labute approximate surface area is 181 Å². The van der Waals surface area contributed by atoms with Crippen molar-refractivity contribution in [1.82, 2.24) is 20.2 Å². The Morgan fingerprint density at radius 3 is 2.61 bits per heavy atom. The summed E-state index contributed by atoms with van der Waals surface area (Å²) in [7, 11) is 0. The van der Waals surface area contributed by atoms with Crippen molar-refractivity contribution >= 4 is 22.9 Å². The van der Waals surface area contributed by atoms with Crippen LogP contribution in [0.1, 0.15) is 62.6 Å². The third-order valence-electron chi connectivity index (χ3n) is 5.20. The highest BCUT2D eigenvalue weighted by molar-refractivity contribution is 5.92. The molecule has 31 heavy (non-hydrogen) atoms. The van der Waals surface area contributed by atoms with Crippen LogP contribution in [0.4, 0.5) is 4.79 Å². The number of oxazole rings is 1. The number of carbonyl (C=O) groups is 2. The lowest BCUT2D eigenvalue weighted by Crippen LogP contribution is -2.48. The molecule has 0 fully saturated rings. The summed E-state index contributed by atoms with van der Waals surface area (Å²) in [6.07, 6.45) is 2.85. The number of nitrogens with zero attached hydrogens (tertiary/aromatic N) is 2. The molecule has 0 unspecified atom stereocenters. The molecule has 0 aliphatic heterocycles. The highest BCUT2D eigenvalue weighted by atomic mass is 16.4. The monoisotopic (exact) mass is 426 g/mol. The van der Waals surface area contributed by atoms with Crippen LogP contribution >= 0.6 is 0 Å². The third-order valence-corrected chi connectivity index (χ3v) is 5.20. The van der Waals surface area contributed by atoms with Gasteiger partial charge in [0.25, 0.3) is 5.91 Å². The number of carbonyl (C=O) groups excluding carboxylic acids is 1. The Balaban J connectivity index is 1.69. The molecule has 3 aromatic rings. The van der Waals surface area contributed by atoms with Crippen molar-refractivity contribution in [2.45, 2.75) is 52.6 Å². The van der Waals surface area contributed by atoms with Crippen LogP contribution in [0.25, 0.3) is 10.9 Å². The molecule has 0 bridgehead atoms. The molecular weight excluding hydrogens is 396 g/mol. The number of H-pyrrole nitrogens is 1. The minimum Gasteiger partial charge on any atom is -0.465 e. The van der Waals surface area contributed by atoms with E-state index < -0.39 is 17.7 Å². The van der Waals surface area contributed by atoms with Gasteiger partial charge in [0.2, 0.25) is 5.89 Å². The fourth-order valence-corrected chi connectivity index (χ4v) is 3.78. The highest BCUT2D eigenvalue weighted by Gasteiger charge is 2.38. The van der Waals surface area contributed by atoms with Crippen molar-refractivity contribution < 1.29 is 19.1 Å². The summed E-state index contributed by atoms with van der Waals surface area (Å²) >= 11 is 0. The van der Waals surface area contributed by atoms with E-state index in [0.717, 1.165) is 16.5 Å². The van der Waals surface area contributed by atoms with E-state index >= 15 is 0 Å². The summed E-state index contributed by atoms with van der Waals surface area (Å²) in [5.41, 5.74) is 1.67. The average Bonchev–Trinajstić information content (AvgIpc) is 3.32. The van der Waals surface area contributed by atoms with Crippen molar-refractivity contribution in [2.24, 2.45) is 5.92 Å². The third kappa shape index (κ3) is 4.90. The van der Waals surface area contributed by atoms with Crippen LogP contribution in [-0.2, 0) is 6.42 Å². The van der Waals surface area contributed by atoms with Crippen molar-refractivity contribution in [2.75, 3.05) is 6.54 Å². The molecule has 1 atom stereocenters. The largest absolute Gasteiger partial charge is 0.465 e. The molecule has 0 aliphatic carbocycles. The minimum absolute atomic E-state index is 0.0910.